The third-order valence-electron chi connectivity index (χ3n) is 2.08. The molecule has 0 aromatic heterocycles. The van der Waals surface area contributed by atoms with E-state index in [2.05, 4.69) is 0 Å². The number of hydrogen-bond acceptors (Lipinski definition) is 3. The topological polar surface area (TPSA) is 83.2 Å². The molecule has 0 radical (unpaired) electrons. The third kappa shape index (κ3) is 3.39. The van der Waals surface area contributed by atoms with E-state index >= 15 is 0 Å². The van der Waals surface area contributed by atoms with E-state index in [1.165, 1.54) is 6.07 Å². The summed E-state index contributed by atoms with van der Waals surface area (Å²) >= 11 is -2.34. The Kier molecular flexibility index (Phi) is 5.69. The zero-order valence-electron chi connectivity index (χ0n) is 8.87. The summed E-state index contributed by atoms with van der Waals surface area (Å²) in [4.78, 5) is 11.0. The van der Waals surface area contributed by atoms with Crippen LogP contribution in [0.5, 0.6) is 0 Å². The molecule has 4 nitrogen and oxygen atoms in total. The minimum Gasteiger partial charge on any atom is -0.768 e. The van der Waals surface area contributed by atoms with Crippen molar-refractivity contribution in [2.24, 2.45) is 5.73 Å². The molecule has 0 aliphatic rings. The molecule has 0 saturated heterocycles. The van der Waals surface area contributed by atoms with Crippen LogP contribution < -0.4 is 35.3 Å². The van der Waals surface area contributed by atoms with E-state index < -0.39 is 17.0 Å². The van der Waals surface area contributed by atoms with E-state index in [0.29, 0.717) is 5.56 Å². The maximum atomic E-state index is 10.9. The predicted molar refractivity (Wildman–Crippen MR) is 51.6 cm³/mol. The molecule has 76 valence electrons. The van der Waals surface area contributed by atoms with Gasteiger partial charge in [-0.1, -0.05) is 0 Å². The van der Waals surface area contributed by atoms with Crippen molar-refractivity contribution in [3.8, 4) is 0 Å². The van der Waals surface area contributed by atoms with Gasteiger partial charge in [0.2, 0.25) is 5.91 Å². The van der Waals surface area contributed by atoms with Gasteiger partial charge in [-0.25, -0.2) is 0 Å². The van der Waals surface area contributed by atoms with Crippen LogP contribution in [0.4, 0.5) is 0 Å². The van der Waals surface area contributed by atoms with Gasteiger partial charge in [0.05, 0.1) is 0 Å². The first kappa shape index (κ1) is 14.8. The molecule has 2 N–H and O–H groups in total. The largest absolute Gasteiger partial charge is 1.00 e. The van der Waals surface area contributed by atoms with Crippen LogP contribution in [0, 0.1) is 13.8 Å². The number of benzene rings is 1. The molecular formula is C9H10NNaO3S. The first-order valence-corrected chi connectivity index (χ1v) is 5.01. The van der Waals surface area contributed by atoms with Crippen molar-refractivity contribution in [3.63, 3.8) is 0 Å². The van der Waals surface area contributed by atoms with E-state index in [0.717, 1.165) is 5.56 Å². The zero-order valence-corrected chi connectivity index (χ0v) is 11.7. The van der Waals surface area contributed by atoms with Gasteiger partial charge in [0.15, 0.2) is 0 Å². The molecule has 6 heteroatoms. The van der Waals surface area contributed by atoms with Crippen LogP contribution in [0.2, 0.25) is 0 Å². The summed E-state index contributed by atoms with van der Waals surface area (Å²) in [6, 6.07) is 2.86. The monoisotopic (exact) mass is 235 g/mol. The molecule has 1 amide bonds. The molecule has 15 heavy (non-hydrogen) atoms. The average Bonchev–Trinajstić information content (AvgIpc) is 2.08. The smallest absolute Gasteiger partial charge is 0.768 e. The van der Waals surface area contributed by atoms with Crippen LogP contribution in [0.25, 0.3) is 0 Å². The van der Waals surface area contributed by atoms with Gasteiger partial charge in [-0.2, -0.15) is 0 Å². The molecule has 0 aliphatic heterocycles. The van der Waals surface area contributed by atoms with Crippen molar-refractivity contribution in [1.29, 1.82) is 0 Å². The zero-order chi connectivity index (χ0) is 10.9. The van der Waals surface area contributed by atoms with E-state index in [-0.39, 0.29) is 40.0 Å². The summed E-state index contributed by atoms with van der Waals surface area (Å²) in [7, 11) is 0. The summed E-state index contributed by atoms with van der Waals surface area (Å²) in [5, 5.41) is 0. The molecule has 0 saturated carbocycles. The standard InChI is InChI=1S/C9H11NO3S.Na/c1-5-3-7(9(10)11)4-8(6(5)2)14(12)13;/h3-4H,1-2H3,(H2,10,11)(H,12,13);/q;+1/p-1. The molecule has 1 unspecified atom stereocenters. The minimum absolute atomic E-state index is 0. The SMILES string of the molecule is Cc1cc(C(N)=O)cc(S(=O)[O-])c1C.[Na+]. The van der Waals surface area contributed by atoms with Crippen LogP contribution in [0.3, 0.4) is 0 Å². The van der Waals surface area contributed by atoms with Gasteiger partial charge < -0.3 is 10.3 Å². The van der Waals surface area contributed by atoms with Crippen LogP contribution in [0.1, 0.15) is 21.5 Å². The average molecular weight is 235 g/mol. The molecule has 1 aromatic rings. The molecule has 0 spiro atoms. The van der Waals surface area contributed by atoms with Crippen molar-refractivity contribution in [1.82, 2.24) is 0 Å². The number of aryl methyl sites for hydroxylation is 1. The number of carbonyl (C=O) groups is 1. The first-order chi connectivity index (χ1) is 6.43. The summed E-state index contributed by atoms with van der Waals surface area (Å²) in [5.41, 5.74) is 6.66. The van der Waals surface area contributed by atoms with Crippen molar-refractivity contribution >= 4 is 17.0 Å². The van der Waals surface area contributed by atoms with Crippen molar-refractivity contribution in [3.05, 3.63) is 28.8 Å². The van der Waals surface area contributed by atoms with E-state index in [1.54, 1.807) is 19.9 Å². The van der Waals surface area contributed by atoms with Crippen molar-refractivity contribution < 1.29 is 43.1 Å². The van der Waals surface area contributed by atoms with Gasteiger partial charge in [-0.3, -0.25) is 9.00 Å². The molecular weight excluding hydrogens is 225 g/mol. The molecule has 0 fully saturated rings. The number of amides is 1. The Bertz CT molecular complexity index is 420. The van der Waals surface area contributed by atoms with Crippen LogP contribution >= 0.6 is 0 Å². The van der Waals surface area contributed by atoms with E-state index in [4.69, 9.17) is 5.73 Å². The van der Waals surface area contributed by atoms with E-state index in [9.17, 15) is 13.6 Å². The quantitative estimate of drug-likeness (QED) is 0.460. The Hall–Kier alpha value is -0.200. The number of hydrogen-bond donors (Lipinski definition) is 1. The molecule has 1 rings (SSSR count). The summed E-state index contributed by atoms with van der Waals surface area (Å²) < 4.78 is 21.6. The second-order valence-electron chi connectivity index (χ2n) is 3.02. The maximum Gasteiger partial charge on any atom is 1.00 e. The second kappa shape index (κ2) is 5.77. The Morgan fingerprint density at radius 2 is 1.93 bits per heavy atom. The number of rotatable bonds is 2. The number of primary amides is 1. The Morgan fingerprint density at radius 1 is 1.40 bits per heavy atom. The van der Waals surface area contributed by atoms with Crippen molar-refractivity contribution in [2.45, 2.75) is 18.7 Å². The minimum atomic E-state index is -2.34. The number of nitrogens with two attached hydrogens (primary N) is 1. The van der Waals surface area contributed by atoms with Gasteiger partial charge in [0, 0.05) is 10.5 Å². The fourth-order valence-corrected chi connectivity index (χ4v) is 1.78. The first-order valence-electron chi connectivity index (χ1n) is 3.93. The van der Waals surface area contributed by atoms with Gasteiger partial charge in [-0.05, 0) is 48.2 Å². The van der Waals surface area contributed by atoms with Crippen LogP contribution in [0.15, 0.2) is 17.0 Å². The molecule has 1 atom stereocenters. The molecule has 1 aromatic carbocycles. The fourth-order valence-electron chi connectivity index (χ4n) is 1.14. The Balaban J connectivity index is 0.00000196. The predicted octanol–water partition coefficient (Wildman–Crippen LogP) is -2.36. The molecule has 0 heterocycles. The Morgan fingerprint density at radius 3 is 2.33 bits per heavy atom. The van der Waals surface area contributed by atoms with Crippen molar-refractivity contribution in [2.75, 3.05) is 0 Å². The normalized spacial score (nSPS) is 11.7. The molecule has 0 bridgehead atoms. The van der Waals surface area contributed by atoms with Gasteiger partial charge in [0.25, 0.3) is 0 Å². The third-order valence-corrected chi connectivity index (χ3v) is 2.87. The number of carbonyl (C=O) groups excluding carboxylic acids is 1. The van der Waals surface area contributed by atoms with Crippen LogP contribution in [-0.2, 0) is 11.1 Å². The molecule has 0 aliphatic carbocycles. The summed E-state index contributed by atoms with van der Waals surface area (Å²) in [6.45, 7) is 3.42. The van der Waals surface area contributed by atoms with Gasteiger partial charge >= 0.3 is 29.6 Å². The maximum absolute atomic E-state index is 10.9. The second-order valence-corrected chi connectivity index (χ2v) is 3.92. The van der Waals surface area contributed by atoms with Crippen LogP contribution in [-0.4, -0.2) is 14.7 Å². The summed E-state index contributed by atoms with van der Waals surface area (Å²) in [5.74, 6) is -0.625. The summed E-state index contributed by atoms with van der Waals surface area (Å²) in [6.07, 6.45) is 0. The van der Waals surface area contributed by atoms with Gasteiger partial charge in [0.1, 0.15) is 0 Å². The fraction of sp³-hybridized carbons (Fsp3) is 0.222. The van der Waals surface area contributed by atoms with Gasteiger partial charge in [-0.15, -0.1) is 0 Å². The Labute approximate surface area is 113 Å². The van der Waals surface area contributed by atoms with E-state index in [1.807, 2.05) is 0 Å².